The van der Waals surface area contributed by atoms with Crippen LogP contribution in [-0.4, -0.2) is 13.6 Å². The van der Waals surface area contributed by atoms with E-state index in [0.717, 1.165) is 24.0 Å². The van der Waals surface area contributed by atoms with Crippen LogP contribution < -0.4 is 4.72 Å². The molecule has 0 radical (unpaired) electrons. The van der Waals surface area contributed by atoms with Crippen LogP contribution in [0.25, 0.3) is 11.1 Å². The first-order valence-electron chi connectivity index (χ1n) is 8.57. The summed E-state index contributed by atoms with van der Waals surface area (Å²) in [6, 6.07) is 14.9. The number of nitrogens with zero attached hydrogens (tertiary/aromatic N) is 1. The Bertz CT molecular complexity index is 1020. The quantitative estimate of drug-likeness (QED) is 0.682. The van der Waals surface area contributed by atoms with E-state index in [1.807, 2.05) is 36.4 Å². The Balaban J connectivity index is 2.09. The maximum absolute atomic E-state index is 13.0. The van der Waals surface area contributed by atoms with Gasteiger partial charge in [-0.25, -0.2) is 13.1 Å². The van der Waals surface area contributed by atoms with Crippen molar-refractivity contribution in [3.63, 3.8) is 0 Å². The second-order valence-electron chi connectivity index (χ2n) is 6.23. The van der Waals surface area contributed by atoms with E-state index >= 15 is 0 Å². The molecule has 3 aromatic rings. The molecule has 1 heterocycles. The third-order valence-corrected chi connectivity index (χ3v) is 5.78. The number of rotatable bonds is 6. The maximum Gasteiger partial charge on any atom is 0.264 e. The fourth-order valence-electron chi connectivity index (χ4n) is 2.88. The van der Waals surface area contributed by atoms with Gasteiger partial charge in [-0.3, -0.25) is 0 Å². The molecule has 0 saturated carbocycles. The fraction of sp³-hybridized carbons (Fsp3) is 0.250. The van der Waals surface area contributed by atoms with Crippen LogP contribution in [0.2, 0.25) is 0 Å². The number of benzene rings is 2. The van der Waals surface area contributed by atoms with Crippen LogP contribution in [0.15, 0.2) is 57.9 Å². The van der Waals surface area contributed by atoms with Gasteiger partial charge in [0.15, 0.2) is 0 Å². The van der Waals surface area contributed by atoms with Crippen molar-refractivity contribution < 1.29 is 12.9 Å². The molecule has 0 fully saturated rings. The average Bonchev–Trinajstić information content (AvgIpc) is 2.94. The number of aryl methyl sites for hydroxylation is 2. The van der Waals surface area contributed by atoms with Crippen LogP contribution in [0, 0.1) is 13.8 Å². The zero-order valence-corrected chi connectivity index (χ0v) is 15.9. The largest absolute Gasteiger partial charge is 0.337 e. The number of anilines is 1. The Morgan fingerprint density at radius 3 is 2.31 bits per heavy atom. The molecule has 0 spiro atoms. The van der Waals surface area contributed by atoms with Gasteiger partial charge in [-0.05, 0) is 37.5 Å². The van der Waals surface area contributed by atoms with Gasteiger partial charge >= 0.3 is 0 Å². The molecule has 0 aliphatic rings. The van der Waals surface area contributed by atoms with Gasteiger partial charge < -0.3 is 4.52 Å². The molecule has 1 aromatic heterocycles. The molecule has 0 aliphatic carbocycles. The van der Waals surface area contributed by atoms with Crippen LogP contribution in [-0.2, 0) is 16.4 Å². The number of sulfonamides is 1. The molecule has 0 aliphatic heterocycles. The van der Waals surface area contributed by atoms with E-state index < -0.39 is 10.0 Å². The highest BCUT2D eigenvalue weighted by molar-refractivity contribution is 7.92. The Labute approximate surface area is 154 Å². The minimum atomic E-state index is -3.82. The lowest BCUT2D eigenvalue weighted by molar-refractivity contribution is 0.430. The lowest BCUT2D eigenvalue weighted by Gasteiger charge is -2.14. The van der Waals surface area contributed by atoms with Crippen molar-refractivity contribution >= 4 is 15.9 Å². The van der Waals surface area contributed by atoms with Crippen molar-refractivity contribution in [1.82, 2.24) is 5.16 Å². The standard InChI is InChI=1S/C20H22N2O3S/c1-4-9-16-10-5-6-11-17(16)18-12-7-8-13-19(18)26(23,24)22-20-14(2)15(3)21-25-20/h5-8,10-13,22H,4,9H2,1-3H3. The summed E-state index contributed by atoms with van der Waals surface area (Å²) in [5, 5.41) is 3.81. The van der Waals surface area contributed by atoms with Gasteiger partial charge in [-0.1, -0.05) is 61.0 Å². The Kier molecular flexibility index (Phi) is 5.13. The smallest absolute Gasteiger partial charge is 0.264 e. The molecule has 0 amide bonds. The summed E-state index contributed by atoms with van der Waals surface area (Å²) in [4.78, 5) is 0.219. The molecular weight excluding hydrogens is 348 g/mol. The predicted octanol–water partition coefficient (Wildman–Crippen LogP) is 4.71. The molecule has 2 aromatic carbocycles. The zero-order chi connectivity index (χ0) is 18.7. The van der Waals surface area contributed by atoms with Crippen LogP contribution in [0.3, 0.4) is 0 Å². The predicted molar refractivity (Wildman–Crippen MR) is 103 cm³/mol. The van der Waals surface area contributed by atoms with Gasteiger partial charge in [0.1, 0.15) is 0 Å². The third-order valence-electron chi connectivity index (χ3n) is 4.39. The summed E-state index contributed by atoms with van der Waals surface area (Å²) < 4.78 is 33.7. The molecular formula is C20H22N2O3S. The van der Waals surface area contributed by atoms with E-state index in [1.54, 1.807) is 26.0 Å². The number of aromatic nitrogens is 1. The van der Waals surface area contributed by atoms with E-state index in [4.69, 9.17) is 4.52 Å². The van der Waals surface area contributed by atoms with Crippen LogP contribution in [0.1, 0.15) is 30.2 Å². The van der Waals surface area contributed by atoms with E-state index in [-0.39, 0.29) is 10.8 Å². The summed E-state index contributed by atoms with van der Waals surface area (Å²) >= 11 is 0. The normalized spacial score (nSPS) is 11.5. The first-order chi connectivity index (χ1) is 12.4. The topological polar surface area (TPSA) is 72.2 Å². The van der Waals surface area contributed by atoms with Crippen LogP contribution >= 0.6 is 0 Å². The molecule has 136 valence electrons. The van der Waals surface area contributed by atoms with Crippen molar-refractivity contribution in [3.8, 4) is 11.1 Å². The van der Waals surface area contributed by atoms with Gasteiger partial charge in [0, 0.05) is 11.1 Å². The molecule has 0 bridgehead atoms. The second-order valence-corrected chi connectivity index (χ2v) is 7.88. The lowest BCUT2D eigenvalue weighted by Crippen LogP contribution is -2.14. The molecule has 0 atom stereocenters. The first-order valence-corrected chi connectivity index (χ1v) is 10.1. The van der Waals surface area contributed by atoms with Crippen LogP contribution in [0.4, 0.5) is 5.88 Å². The first kappa shape index (κ1) is 18.2. The monoisotopic (exact) mass is 370 g/mol. The minimum absolute atomic E-state index is 0.152. The fourth-order valence-corrected chi connectivity index (χ4v) is 4.15. The molecule has 6 heteroatoms. The second kappa shape index (κ2) is 7.33. The zero-order valence-electron chi connectivity index (χ0n) is 15.1. The van der Waals surface area contributed by atoms with Crippen LogP contribution in [0.5, 0.6) is 0 Å². The van der Waals surface area contributed by atoms with E-state index in [9.17, 15) is 8.42 Å². The maximum atomic E-state index is 13.0. The van der Waals surface area contributed by atoms with Crippen molar-refractivity contribution in [2.24, 2.45) is 0 Å². The summed E-state index contributed by atoms with van der Waals surface area (Å²) in [5.41, 5.74) is 4.07. The van der Waals surface area contributed by atoms with E-state index in [1.165, 1.54) is 0 Å². The van der Waals surface area contributed by atoms with E-state index in [2.05, 4.69) is 16.8 Å². The molecule has 1 N–H and O–H groups in total. The summed E-state index contributed by atoms with van der Waals surface area (Å²) in [6.07, 6.45) is 1.87. The van der Waals surface area contributed by atoms with Crippen molar-refractivity contribution in [2.75, 3.05) is 4.72 Å². The molecule has 3 rings (SSSR count). The summed E-state index contributed by atoms with van der Waals surface area (Å²) in [5.74, 6) is 0.152. The van der Waals surface area contributed by atoms with Gasteiger partial charge in [-0.2, -0.15) is 0 Å². The third kappa shape index (κ3) is 3.51. The minimum Gasteiger partial charge on any atom is -0.337 e. The number of hydrogen-bond donors (Lipinski definition) is 1. The summed E-state index contributed by atoms with van der Waals surface area (Å²) in [7, 11) is -3.82. The van der Waals surface area contributed by atoms with Gasteiger partial charge in [0.2, 0.25) is 5.88 Å². The number of hydrogen-bond acceptors (Lipinski definition) is 4. The van der Waals surface area contributed by atoms with Crippen molar-refractivity contribution in [3.05, 3.63) is 65.4 Å². The molecule has 0 saturated heterocycles. The van der Waals surface area contributed by atoms with Crippen molar-refractivity contribution in [2.45, 2.75) is 38.5 Å². The highest BCUT2D eigenvalue weighted by Gasteiger charge is 2.23. The van der Waals surface area contributed by atoms with Gasteiger partial charge in [0.25, 0.3) is 10.0 Å². The van der Waals surface area contributed by atoms with E-state index in [0.29, 0.717) is 16.8 Å². The molecule has 5 nitrogen and oxygen atoms in total. The lowest BCUT2D eigenvalue weighted by atomic mass is 9.97. The molecule has 26 heavy (non-hydrogen) atoms. The number of nitrogens with one attached hydrogen (secondary N) is 1. The van der Waals surface area contributed by atoms with Gasteiger partial charge in [0.05, 0.1) is 10.6 Å². The summed E-state index contributed by atoms with van der Waals surface area (Å²) in [6.45, 7) is 5.65. The van der Waals surface area contributed by atoms with Gasteiger partial charge in [-0.15, -0.1) is 0 Å². The highest BCUT2D eigenvalue weighted by atomic mass is 32.2. The Morgan fingerprint density at radius 1 is 1.00 bits per heavy atom. The molecule has 0 unspecified atom stereocenters. The highest BCUT2D eigenvalue weighted by Crippen LogP contribution is 2.32. The Morgan fingerprint density at radius 2 is 1.65 bits per heavy atom. The Hall–Kier alpha value is -2.60. The van der Waals surface area contributed by atoms with Crippen molar-refractivity contribution in [1.29, 1.82) is 0 Å². The average molecular weight is 370 g/mol. The SMILES string of the molecule is CCCc1ccccc1-c1ccccc1S(=O)(=O)Nc1onc(C)c1C.